The predicted molar refractivity (Wildman–Crippen MR) is 73.8 cm³/mol. The predicted octanol–water partition coefficient (Wildman–Crippen LogP) is 2.77. The van der Waals surface area contributed by atoms with Crippen LogP contribution in [0.25, 0.3) is 0 Å². The molecule has 4 nitrogen and oxygen atoms in total. The van der Waals surface area contributed by atoms with E-state index in [1.807, 2.05) is 0 Å². The van der Waals surface area contributed by atoms with Crippen LogP contribution in [-0.4, -0.2) is 32.3 Å². The van der Waals surface area contributed by atoms with Crippen LogP contribution in [0.5, 0.6) is 0 Å². The van der Waals surface area contributed by atoms with Gasteiger partial charge in [0, 0.05) is 23.8 Å². The Hall–Kier alpha value is -1.14. The maximum Gasteiger partial charge on any atom is 0.261 e. The maximum atomic E-state index is 13.9. The Balaban J connectivity index is 2.26. The van der Waals surface area contributed by atoms with Gasteiger partial charge in [-0.25, -0.2) is 12.8 Å². The molecule has 1 heterocycles. The summed E-state index contributed by atoms with van der Waals surface area (Å²) >= 11 is 0. The molecule has 0 spiro atoms. The number of benzene rings is 1. The van der Waals surface area contributed by atoms with Crippen LogP contribution in [0.2, 0.25) is 0 Å². The first-order chi connectivity index (χ1) is 9.39. The zero-order valence-corrected chi connectivity index (χ0v) is 12.4. The number of carbonyl (C=O) groups excluding carboxylic acids is 1. The Morgan fingerprint density at radius 1 is 1.15 bits per heavy atom. The molecule has 0 radical (unpaired) electrons. The third-order valence-corrected chi connectivity index (χ3v) is 4.70. The molecule has 7 heteroatoms. The number of carbonyl (C=O) groups is 1. The van der Waals surface area contributed by atoms with Crippen molar-refractivity contribution in [2.75, 3.05) is 13.1 Å². The van der Waals surface area contributed by atoms with Gasteiger partial charge in [-0.15, -0.1) is 0 Å². The highest BCUT2D eigenvalue weighted by molar-refractivity contribution is 8.13. The molecule has 2 rings (SSSR count). The highest BCUT2D eigenvalue weighted by Gasteiger charge is 2.22. The van der Waals surface area contributed by atoms with Gasteiger partial charge in [0.05, 0.1) is 10.5 Å². The van der Waals surface area contributed by atoms with E-state index in [1.54, 1.807) is 4.90 Å². The number of amides is 1. The molecule has 0 aliphatic carbocycles. The zero-order valence-electron chi connectivity index (χ0n) is 10.8. The Bertz CT molecular complexity index is 610. The van der Waals surface area contributed by atoms with E-state index in [9.17, 15) is 17.6 Å². The van der Waals surface area contributed by atoms with Gasteiger partial charge in [-0.1, -0.05) is 12.8 Å². The molecule has 0 N–H and O–H groups in total. The molecule has 110 valence electrons. The summed E-state index contributed by atoms with van der Waals surface area (Å²) in [6.07, 6.45) is 3.94. The van der Waals surface area contributed by atoms with Crippen LogP contribution < -0.4 is 0 Å². The Morgan fingerprint density at radius 3 is 2.25 bits per heavy atom. The second kappa shape index (κ2) is 6.10. The van der Waals surface area contributed by atoms with Crippen molar-refractivity contribution in [3.05, 3.63) is 29.6 Å². The van der Waals surface area contributed by atoms with E-state index in [0.29, 0.717) is 13.1 Å². The SMILES string of the molecule is O=C(c1ccc(S(=O)(=O)Cl)cc1F)N1CCCCCC1. The maximum absolute atomic E-state index is 13.9. The summed E-state index contributed by atoms with van der Waals surface area (Å²) in [5, 5.41) is 0. The Kier molecular flexibility index (Phi) is 4.65. The average Bonchev–Trinajstić information content (AvgIpc) is 2.65. The summed E-state index contributed by atoms with van der Waals surface area (Å²) < 4.78 is 36.2. The fourth-order valence-electron chi connectivity index (χ4n) is 2.27. The molecule has 1 fully saturated rings. The number of hydrogen-bond donors (Lipinski definition) is 0. The molecular weight excluding hydrogens is 305 g/mol. The van der Waals surface area contributed by atoms with Gasteiger partial charge in [0.1, 0.15) is 5.82 Å². The molecule has 0 atom stereocenters. The van der Waals surface area contributed by atoms with Gasteiger partial charge in [0.2, 0.25) is 0 Å². The summed E-state index contributed by atoms with van der Waals surface area (Å²) in [7, 11) is 1.15. The minimum absolute atomic E-state index is 0.115. The number of likely N-dealkylation sites (tertiary alicyclic amines) is 1. The van der Waals surface area contributed by atoms with Crippen LogP contribution in [0.1, 0.15) is 36.0 Å². The summed E-state index contributed by atoms with van der Waals surface area (Å²) in [4.78, 5) is 13.5. The molecule has 0 aromatic heterocycles. The number of nitrogens with zero attached hydrogens (tertiary/aromatic N) is 1. The summed E-state index contributed by atoms with van der Waals surface area (Å²) in [5.41, 5.74) is -0.115. The molecule has 1 aromatic rings. The molecule has 1 aliphatic rings. The minimum Gasteiger partial charge on any atom is -0.339 e. The molecule has 1 saturated heterocycles. The van der Waals surface area contributed by atoms with E-state index in [0.717, 1.165) is 37.8 Å². The highest BCUT2D eigenvalue weighted by atomic mass is 35.7. The van der Waals surface area contributed by atoms with Crippen molar-refractivity contribution >= 4 is 25.6 Å². The fraction of sp³-hybridized carbons (Fsp3) is 0.462. The van der Waals surface area contributed by atoms with Crippen LogP contribution in [0, 0.1) is 5.82 Å². The second-order valence-electron chi connectivity index (χ2n) is 4.79. The molecule has 0 saturated carbocycles. The first-order valence-corrected chi connectivity index (χ1v) is 8.74. The molecule has 1 amide bonds. The second-order valence-corrected chi connectivity index (χ2v) is 7.35. The molecule has 0 unspecified atom stereocenters. The van der Waals surface area contributed by atoms with Crippen molar-refractivity contribution in [1.29, 1.82) is 0 Å². The number of halogens is 2. The normalized spacial score (nSPS) is 16.8. The molecular formula is C13H15ClFNO3S. The van der Waals surface area contributed by atoms with Gasteiger partial charge in [0.25, 0.3) is 15.0 Å². The van der Waals surface area contributed by atoms with E-state index in [1.165, 1.54) is 6.07 Å². The van der Waals surface area contributed by atoms with Crippen molar-refractivity contribution in [1.82, 2.24) is 4.90 Å². The number of rotatable bonds is 2. The lowest BCUT2D eigenvalue weighted by Gasteiger charge is -2.20. The molecule has 0 bridgehead atoms. The molecule has 1 aliphatic heterocycles. The van der Waals surface area contributed by atoms with Gasteiger partial charge >= 0.3 is 0 Å². The van der Waals surface area contributed by atoms with Crippen LogP contribution in [-0.2, 0) is 9.05 Å². The van der Waals surface area contributed by atoms with E-state index < -0.39 is 20.8 Å². The molecule has 20 heavy (non-hydrogen) atoms. The van der Waals surface area contributed by atoms with Crippen LogP contribution >= 0.6 is 10.7 Å². The van der Waals surface area contributed by atoms with Crippen molar-refractivity contribution in [3.8, 4) is 0 Å². The van der Waals surface area contributed by atoms with Gasteiger partial charge in [-0.2, -0.15) is 0 Å². The lowest BCUT2D eigenvalue weighted by Crippen LogP contribution is -2.32. The van der Waals surface area contributed by atoms with E-state index >= 15 is 0 Å². The van der Waals surface area contributed by atoms with Crippen LogP contribution in [0.4, 0.5) is 4.39 Å². The highest BCUT2D eigenvalue weighted by Crippen LogP contribution is 2.20. The lowest BCUT2D eigenvalue weighted by atomic mass is 10.2. The van der Waals surface area contributed by atoms with E-state index in [-0.39, 0.29) is 10.5 Å². The van der Waals surface area contributed by atoms with Gasteiger partial charge in [-0.05, 0) is 31.0 Å². The summed E-state index contributed by atoms with van der Waals surface area (Å²) in [5.74, 6) is -1.26. The van der Waals surface area contributed by atoms with Crippen molar-refractivity contribution in [2.24, 2.45) is 0 Å². The van der Waals surface area contributed by atoms with E-state index in [2.05, 4.69) is 0 Å². The van der Waals surface area contributed by atoms with Crippen molar-refractivity contribution in [3.63, 3.8) is 0 Å². The average molecular weight is 320 g/mol. The summed E-state index contributed by atoms with van der Waals surface area (Å²) in [6, 6.07) is 3.11. The third-order valence-electron chi connectivity index (χ3n) is 3.35. The topological polar surface area (TPSA) is 54.5 Å². The van der Waals surface area contributed by atoms with Gasteiger partial charge in [-0.3, -0.25) is 4.79 Å². The Morgan fingerprint density at radius 2 is 1.75 bits per heavy atom. The monoisotopic (exact) mass is 319 g/mol. The van der Waals surface area contributed by atoms with E-state index in [4.69, 9.17) is 10.7 Å². The van der Waals surface area contributed by atoms with Gasteiger partial charge < -0.3 is 4.90 Å². The quantitative estimate of drug-likeness (QED) is 0.788. The Labute approximate surface area is 121 Å². The summed E-state index contributed by atoms with van der Waals surface area (Å²) in [6.45, 7) is 1.21. The van der Waals surface area contributed by atoms with Crippen molar-refractivity contribution in [2.45, 2.75) is 30.6 Å². The van der Waals surface area contributed by atoms with Crippen molar-refractivity contribution < 1.29 is 17.6 Å². The zero-order chi connectivity index (χ0) is 14.8. The van der Waals surface area contributed by atoms with Gasteiger partial charge in [0.15, 0.2) is 0 Å². The largest absolute Gasteiger partial charge is 0.339 e. The van der Waals surface area contributed by atoms with Crippen LogP contribution in [0.3, 0.4) is 0 Å². The lowest BCUT2D eigenvalue weighted by molar-refractivity contribution is 0.0757. The smallest absolute Gasteiger partial charge is 0.261 e. The fourth-order valence-corrected chi connectivity index (χ4v) is 3.03. The first kappa shape index (κ1) is 15.3. The number of hydrogen-bond acceptors (Lipinski definition) is 3. The van der Waals surface area contributed by atoms with Crippen LogP contribution in [0.15, 0.2) is 23.1 Å². The standard InChI is InChI=1S/C13H15ClFNO3S/c14-20(18,19)10-5-6-11(12(15)9-10)13(17)16-7-3-1-2-4-8-16/h5-6,9H,1-4,7-8H2. The minimum atomic E-state index is -3.99. The third kappa shape index (κ3) is 3.49. The first-order valence-electron chi connectivity index (χ1n) is 6.43. The molecule has 1 aromatic carbocycles.